The molecule has 0 fully saturated rings. The van der Waals surface area contributed by atoms with Crippen molar-refractivity contribution >= 4 is 60.3 Å². The van der Waals surface area contributed by atoms with Crippen molar-refractivity contribution in [2.24, 2.45) is 0 Å². The summed E-state index contributed by atoms with van der Waals surface area (Å²) >= 11 is 0. The number of nitrogens with zero attached hydrogens (tertiary/aromatic N) is 4. The van der Waals surface area contributed by atoms with Crippen LogP contribution in [0.1, 0.15) is 0 Å². The average molecular weight is 473 g/mol. The lowest BCUT2D eigenvalue weighted by Gasteiger charge is -2.35. The smallest absolute Gasteiger partial charge is 0.238 e. The Balaban J connectivity index is 0. The van der Waals surface area contributed by atoms with Gasteiger partial charge in [0, 0.05) is 21.4 Å². The highest BCUT2D eigenvalue weighted by Gasteiger charge is 2.29. The molecule has 0 atom stereocenters. The molecule has 0 aromatic rings. The number of rotatable bonds is 6. The van der Waals surface area contributed by atoms with Crippen LogP contribution in [0, 0.1) is 0 Å². The van der Waals surface area contributed by atoms with Crippen molar-refractivity contribution in [3.63, 3.8) is 0 Å². The molecule has 0 aromatic carbocycles. The van der Waals surface area contributed by atoms with Crippen LogP contribution >= 0.6 is 21.4 Å². The van der Waals surface area contributed by atoms with Gasteiger partial charge in [-0.15, -0.1) is 0 Å². The Morgan fingerprint density at radius 1 is 0.542 bits per heavy atom. The van der Waals surface area contributed by atoms with Crippen LogP contribution in [0.15, 0.2) is 0 Å². The SMILES string of the molecule is C[N+](C)(C)S(=O)(=O)[N-]S(=O)(=O)[N+](C)(C)C.O=S(=O)(Cl)[N-]S(=O)(=O)Cl. The first kappa shape index (κ1) is 26.4. The summed E-state index contributed by atoms with van der Waals surface area (Å²) in [6, 6.07) is 0. The van der Waals surface area contributed by atoms with Crippen LogP contribution in [-0.4, -0.2) is 83.7 Å². The maximum absolute atomic E-state index is 11.5. The topological polar surface area (TPSA) is 165 Å². The quantitative estimate of drug-likeness (QED) is 0.371. The molecule has 0 aromatic heterocycles. The van der Waals surface area contributed by atoms with Crippen molar-refractivity contribution in [3.8, 4) is 0 Å². The zero-order valence-electron chi connectivity index (χ0n) is 13.4. The van der Waals surface area contributed by atoms with E-state index in [2.05, 4.69) is 25.5 Å². The minimum atomic E-state index is -4.40. The number of hydrogen-bond donors (Lipinski definition) is 0. The molecular formula is C6H18Cl2N4O8S4. The Hall–Kier alpha value is 0.220. The van der Waals surface area contributed by atoms with Gasteiger partial charge in [0.25, 0.3) is 0 Å². The van der Waals surface area contributed by atoms with Gasteiger partial charge in [-0.1, -0.05) is 0 Å². The molecule has 12 nitrogen and oxygen atoms in total. The zero-order valence-corrected chi connectivity index (χ0v) is 18.2. The van der Waals surface area contributed by atoms with E-state index in [0.717, 1.165) is 0 Å². The summed E-state index contributed by atoms with van der Waals surface area (Å²) in [6.07, 6.45) is 0. The van der Waals surface area contributed by atoms with Crippen molar-refractivity contribution in [1.29, 1.82) is 0 Å². The lowest BCUT2D eigenvalue weighted by molar-refractivity contribution is -0.741. The van der Waals surface area contributed by atoms with Gasteiger partial charge >= 0.3 is 0 Å². The first-order valence-electron chi connectivity index (χ1n) is 5.42. The van der Waals surface area contributed by atoms with E-state index in [4.69, 9.17) is 0 Å². The highest BCUT2D eigenvalue weighted by Crippen LogP contribution is 2.21. The summed E-state index contributed by atoms with van der Waals surface area (Å²) in [4.78, 5) is 0. The number of quaternary nitrogens is 2. The Morgan fingerprint density at radius 2 is 0.750 bits per heavy atom. The first-order chi connectivity index (χ1) is 9.91. The predicted octanol–water partition coefficient (Wildman–Crippen LogP) is -0.411. The van der Waals surface area contributed by atoms with Crippen LogP contribution in [0.4, 0.5) is 0 Å². The molecule has 24 heavy (non-hydrogen) atoms. The lowest BCUT2D eigenvalue weighted by atomic mass is 11.0. The van der Waals surface area contributed by atoms with Gasteiger partial charge in [0.1, 0.15) is 0 Å². The fourth-order valence-corrected chi connectivity index (χ4v) is 5.42. The lowest BCUT2D eigenvalue weighted by Crippen LogP contribution is -2.46. The summed E-state index contributed by atoms with van der Waals surface area (Å²) in [5.41, 5.74) is 0. The van der Waals surface area contributed by atoms with E-state index < -0.39 is 46.7 Å². The van der Waals surface area contributed by atoms with Crippen molar-refractivity contribution < 1.29 is 41.4 Å². The van der Waals surface area contributed by atoms with E-state index in [1.54, 1.807) is 0 Å². The van der Waals surface area contributed by atoms with Crippen LogP contribution in [0.25, 0.3) is 8.25 Å². The molecule has 0 radical (unpaired) electrons. The maximum Gasteiger partial charge on any atom is 0.238 e. The zero-order chi connectivity index (χ0) is 20.4. The fraction of sp³-hybridized carbons (Fsp3) is 1.00. The summed E-state index contributed by atoms with van der Waals surface area (Å²) in [7, 11) is -0.225. The molecule has 0 N–H and O–H groups in total. The molecule has 0 bridgehead atoms. The van der Waals surface area contributed by atoms with Crippen molar-refractivity contribution in [2.45, 2.75) is 0 Å². The molecule has 0 saturated heterocycles. The van der Waals surface area contributed by atoms with Gasteiger partial charge < -0.3 is 8.25 Å². The minimum absolute atomic E-state index is 0.563. The van der Waals surface area contributed by atoms with E-state index >= 15 is 0 Å². The van der Waals surface area contributed by atoms with E-state index in [9.17, 15) is 33.7 Å². The molecule has 0 aliphatic rings. The normalized spacial score (nSPS) is 14.7. The molecule has 0 rings (SSSR count). The number of hydrogen-bond acceptors (Lipinski definition) is 8. The first-order valence-corrected chi connectivity index (χ1v) is 12.7. The van der Waals surface area contributed by atoms with E-state index in [1.165, 1.54) is 42.3 Å². The molecule has 18 heteroatoms. The van der Waals surface area contributed by atoms with Gasteiger partial charge in [0.2, 0.25) is 20.4 Å². The molecule has 0 aliphatic carbocycles. The van der Waals surface area contributed by atoms with Gasteiger partial charge in [0.05, 0.1) is 42.3 Å². The van der Waals surface area contributed by atoms with E-state index in [0.29, 0.717) is 0 Å². The highest BCUT2D eigenvalue weighted by molar-refractivity contribution is 8.31. The van der Waals surface area contributed by atoms with Crippen LogP contribution in [-0.2, 0) is 38.9 Å². The average Bonchev–Trinajstić information content (AvgIpc) is 2.05. The third-order valence-electron chi connectivity index (χ3n) is 1.75. The van der Waals surface area contributed by atoms with Crippen molar-refractivity contribution in [2.75, 3.05) is 42.3 Å². The van der Waals surface area contributed by atoms with Gasteiger partial charge in [-0.05, 0) is 0 Å². The third-order valence-corrected chi connectivity index (χ3v) is 8.47. The van der Waals surface area contributed by atoms with Crippen LogP contribution in [0.3, 0.4) is 0 Å². The summed E-state index contributed by atoms with van der Waals surface area (Å²) in [5.74, 6) is 0. The fourth-order valence-electron chi connectivity index (χ4n) is 0.425. The largest absolute Gasteiger partial charge is 0.408 e. The van der Waals surface area contributed by atoms with Crippen molar-refractivity contribution in [3.05, 3.63) is 8.25 Å². The second-order valence-corrected chi connectivity index (χ2v) is 14.8. The number of halogens is 2. The summed E-state index contributed by atoms with van der Waals surface area (Å²) in [5, 5.41) is 0. The highest BCUT2D eigenvalue weighted by atomic mass is 35.7. The Kier molecular flexibility index (Phi) is 8.65. The molecule has 0 saturated carbocycles. The molecule has 0 heterocycles. The second kappa shape index (κ2) is 7.85. The minimum Gasteiger partial charge on any atom is -0.408 e. The molecule has 0 amide bonds. The van der Waals surface area contributed by atoms with E-state index in [1.807, 2.05) is 4.13 Å². The van der Waals surface area contributed by atoms with Crippen LogP contribution in [0.5, 0.6) is 0 Å². The molecule has 0 aliphatic heterocycles. The van der Waals surface area contributed by atoms with Crippen LogP contribution < -0.4 is 0 Å². The monoisotopic (exact) mass is 472 g/mol. The predicted molar refractivity (Wildman–Crippen MR) is 90.2 cm³/mol. The standard InChI is InChI=1S/C6H18N3O4S2.Cl2NO4S2/c1-8(2,3)14(10,11)7-15(12,13)9(4,5)6;1-8(4,5)3-9(2,6)7/h1-6H3;/q+1;-1. The summed E-state index contributed by atoms with van der Waals surface area (Å²) < 4.78 is 89.1. The van der Waals surface area contributed by atoms with E-state index in [-0.39, 0.29) is 0 Å². The maximum atomic E-state index is 11.5. The van der Waals surface area contributed by atoms with Gasteiger partial charge in [0.15, 0.2) is 18.5 Å². The Morgan fingerprint density at radius 3 is 0.833 bits per heavy atom. The molecular weight excluding hydrogens is 455 g/mol. The molecule has 0 spiro atoms. The van der Waals surface area contributed by atoms with Crippen molar-refractivity contribution in [1.82, 2.24) is 0 Å². The summed E-state index contributed by atoms with van der Waals surface area (Å²) in [6.45, 7) is 0. The van der Waals surface area contributed by atoms with Gasteiger partial charge in [-0.2, -0.15) is 16.8 Å². The third kappa shape index (κ3) is 11.0. The Bertz CT molecular complexity index is 777. The molecule has 0 unspecified atom stereocenters. The van der Waals surface area contributed by atoms with Gasteiger partial charge in [-0.25, -0.2) is 24.6 Å². The second-order valence-electron chi connectivity index (χ2n) is 5.65. The molecule has 148 valence electrons. The van der Waals surface area contributed by atoms with Crippen LogP contribution in [0.2, 0.25) is 0 Å². The van der Waals surface area contributed by atoms with Gasteiger partial charge in [-0.3, -0.25) is 0 Å². The Labute approximate surface area is 152 Å².